The molecule has 0 amide bonds. The number of hydrogen-bond donors (Lipinski definition) is 2. The Kier molecular flexibility index (Phi) is 5.96. The van der Waals surface area contributed by atoms with Gasteiger partial charge >= 0.3 is 12.1 Å². The number of anilines is 2. The lowest BCUT2D eigenvalue weighted by molar-refractivity contribution is -0.141. The van der Waals surface area contributed by atoms with Gasteiger partial charge in [0, 0.05) is 5.69 Å². The Hall–Kier alpha value is -3.94. The lowest BCUT2D eigenvalue weighted by atomic mass is 10.1. The van der Waals surface area contributed by atoms with Crippen LogP contribution in [-0.2, 0) is 6.18 Å². The molecule has 0 unspecified atom stereocenters. The van der Waals surface area contributed by atoms with E-state index in [0.29, 0.717) is 11.3 Å². The third-order valence-corrected chi connectivity index (χ3v) is 4.07. The van der Waals surface area contributed by atoms with Crippen LogP contribution in [0.25, 0.3) is 6.08 Å². The molecule has 3 aromatic rings. The quantitative estimate of drug-likeness (QED) is 0.416. The standard InChI is InChI=1S/C22H15F3N2O3/c23-22(24,25)19-13-11-17(20(27-19)26-16-4-2-1-3-5-16)18(28)12-8-14-6-9-15(10-7-14)21(29)30/h1-13H,(H,26,27)(H,29,30). The molecule has 1 aromatic heterocycles. The van der Waals surface area contributed by atoms with E-state index in [1.807, 2.05) is 0 Å². The molecule has 0 aliphatic rings. The highest BCUT2D eigenvalue weighted by Crippen LogP contribution is 2.30. The zero-order chi connectivity index (χ0) is 21.7. The van der Waals surface area contributed by atoms with E-state index in [4.69, 9.17) is 5.11 Å². The minimum Gasteiger partial charge on any atom is -0.478 e. The van der Waals surface area contributed by atoms with Crippen LogP contribution in [0.2, 0.25) is 0 Å². The number of nitrogens with one attached hydrogen (secondary N) is 1. The first kappa shape index (κ1) is 20.8. The van der Waals surface area contributed by atoms with Crippen molar-refractivity contribution in [3.05, 3.63) is 95.2 Å². The molecular formula is C22H15F3N2O3. The van der Waals surface area contributed by atoms with Gasteiger partial charge in [-0.25, -0.2) is 9.78 Å². The predicted octanol–water partition coefficient (Wildman–Crippen LogP) is 5.44. The molecule has 2 aromatic carbocycles. The number of pyridine rings is 1. The van der Waals surface area contributed by atoms with E-state index in [2.05, 4.69) is 10.3 Å². The summed E-state index contributed by atoms with van der Waals surface area (Å²) in [5.41, 5.74) is -0.0202. The number of aromatic carboxylic acids is 1. The second-order valence-electron chi connectivity index (χ2n) is 6.21. The van der Waals surface area contributed by atoms with Gasteiger partial charge in [-0.15, -0.1) is 0 Å². The molecular weight excluding hydrogens is 397 g/mol. The summed E-state index contributed by atoms with van der Waals surface area (Å²) in [6.45, 7) is 0. The summed E-state index contributed by atoms with van der Waals surface area (Å²) in [4.78, 5) is 27.1. The first-order valence-corrected chi connectivity index (χ1v) is 8.70. The van der Waals surface area contributed by atoms with E-state index >= 15 is 0 Å². The van der Waals surface area contributed by atoms with Crippen molar-refractivity contribution in [1.29, 1.82) is 0 Å². The average Bonchev–Trinajstić information content (AvgIpc) is 2.72. The van der Waals surface area contributed by atoms with Gasteiger partial charge in [-0.05, 0) is 48.0 Å². The Morgan fingerprint density at radius 2 is 1.60 bits per heavy atom. The number of carboxylic acid groups (broad SMARTS) is 1. The number of carbonyl (C=O) groups is 2. The number of rotatable bonds is 6. The van der Waals surface area contributed by atoms with Crippen molar-refractivity contribution in [3.8, 4) is 0 Å². The van der Waals surface area contributed by atoms with Crippen LogP contribution in [0.15, 0.2) is 72.8 Å². The fraction of sp³-hybridized carbons (Fsp3) is 0.0455. The molecule has 0 aliphatic heterocycles. The topological polar surface area (TPSA) is 79.3 Å². The molecule has 0 radical (unpaired) electrons. The number of alkyl halides is 3. The molecule has 8 heteroatoms. The van der Waals surface area contributed by atoms with Crippen molar-refractivity contribution in [3.63, 3.8) is 0 Å². The Bertz CT molecular complexity index is 1090. The molecule has 30 heavy (non-hydrogen) atoms. The van der Waals surface area contributed by atoms with E-state index in [9.17, 15) is 22.8 Å². The zero-order valence-corrected chi connectivity index (χ0v) is 15.4. The lowest BCUT2D eigenvalue weighted by Gasteiger charge is -2.13. The Morgan fingerprint density at radius 1 is 0.933 bits per heavy atom. The van der Waals surface area contributed by atoms with Gasteiger partial charge in [0.2, 0.25) is 0 Å². The molecule has 0 saturated heterocycles. The maximum Gasteiger partial charge on any atom is 0.433 e. The zero-order valence-electron chi connectivity index (χ0n) is 15.4. The van der Waals surface area contributed by atoms with Gasteiger partial charge in [0.25, 0.3) is 0 Å². The van der Waals surface area contributed by atoms with Crippen molar-refractivity contribution in [2.45, 2.75) is 6.18 Å². The number of hydrogen-bond acceptors (Lipinski definition) is 4. The molecule has 1 heterocycles. The number of allylic oxidation sites excluding steroid dienone is 1. The van der Waals surface area contributed by atoms with Gasteiger partial charge in [-0.1, -0.05) is 36.4 Å². The summed E-state index contributed by atoms with van der Waals surface area (Å²) in [6.07, 6.45) is -2.02. The molecule has 0 fully saturated rings. The molecule has 0 atom stereocenters. The number of nitrogens with zero attached hydrogens (tertiary/aromatic N) is 1. The van der Waals surface area contributed by atoms with Crippen LogP contribution in [-0.4, -0.2) is 21.8 Å². The summed E-state index contributed by atoms with van der Waals surface area (Å²) in [5, 5.41) is 11.7. The van der Waals surface area contributed by atoms with Crippen LogP contribution < -0.4 is 5.32 Å². The van der Waals surface area contributed by atoms with E-state index < -0.39 is 23.6 Å². The molecule has 5 nitrogen and oxygen atoms in total. The number of halogens is 3. The number of aromatic nitrogens is 1. The SMILES string of the molecule is O=C(O)c1ccc(C=CC(=O)c2ccc(C(F)(F)F)nc2Nc2ccccc2)cc1. The Morgan fingerprint density at radius 3 is 2.20 bits per heavy atom. The van der Waals surface area contributed by atoms with Crippen LogP contribution in [0.1, 0.15) is 32.0 Å². The Labute approximate surface area is 169 Å². The summed E-state index contributed by atoms with van der Waals surface area (Å²) < 4.78 is 39.2. The number of para-hydroxylation sites is 1. The summed E-state index contributed by atoms with van der Waals surface area (Å²) in [6, 6.07) is 16.0. The molecule has 152 valence electrons. The fourth-order valence-corrected chi connectivity index (χ4v) is 2.57. The highest BCUT2D eigenvalue weighted by atomic mass is 19.4. The van der Waals surface area contributed by atoms with Crippen LogP contribution >= 0.6 is 0 Å². The van der Waals surface area contributed by atoms with Crippen molar-refractivity contribution >= 4 is 29.3 Å². The van der Waals surface area contributed by atoms with Gasteiger partial charge in [-0.3, -0.25) is 4.79 Å². The highest BCUT2D eigenvalue weighted by molar-refractivity contribution is 6.10. The van der Waals surface area contributed by atoms with Crippen LogP contribution in [0, 0.1) is 0 Å². The van der Waals surface area contributed by atoms with Crippen LogP contribution in [0.5, 0.6) is 0 Å². The molecule has 0 saturated carbocycles. The first-order valence-electron chi connectivity index (χ1n) is 8.70. The fourth-order valence-electron chi connectivity index (χ4n) is 2.57. The summed E-state index contributed by atoms with van der Waals surface area (Å²) in [7, 11) is 0. The third kappa shape index (κ3) is 5.11. The third-order valence-electron chi connectivity index (χ3n) is 4.07. The minimum atomic E-state index is -4.66. The molecule has 0 spiro atoms. The monoisotopic (exact) mass is 412 g/mol. The van der Waals surface area contributed by atoms with Crippen molar-refractivity contribution in [2.75, 3.05) is 5.32 Å². The van der Waals surface area contributed by atoms with Crippen LogP contribution in [0.3, 0.4) is 0 Å². The lowest BCUT2D eigenvalue weighted by Crippen LogP contribution is -2.12. The average molecular weight is 412 g/mol. The second kappa shape index (κ2) is 8.60. The normalized spacial score (nSPS) is 11.4. The van der Waals surface area contributed by atoms with E-state index in [-0.39, 0.29) is 16.9 Å². The van der Waals surface area contributed by atoms with E-state index in [0.717, 1.165) is 12.1 Å². The van der Waals surface area contributed by atoms with Gasteiger partial charge < -0.3 is 10.4 Å². The summed E-state index contributed by atoms with van der Waals surface area (Å²) >= 11 is 0. The molecule has 0 bridgehead atoms. The second-order valence-corrected chi connectivity index (χ2v) is 6.21. The van der Waals surface area contributed by atoms with Crippen LogP contribution in [0.4, 0.5) is 24.7 Å². The summed E-state index contributed by atoms with van der Waals surface area (Å²) in [5.74, 6) is -1.85. The number of benzene rings is 2. The van der Waals surface area contributed by atoms with Crippen molar-refractivity contribution in [1.82, 2.24) is 4.98 Å². The number of ketones is 1. The van der Waals surface area contributed by atoms with E-state index in [1.165, 1.54) is 36.4 Å². The largest absolute Gasteiger partial charge is 0.478 e. The van der Waals surface area contributed by atoms with Crippen molar-refractivity contribution in [2.24, 2.45) is 0 Å². The van der Waals surface area contributed by atoms with Gasteiger partial charge in [0.15, 0.2) is 5.78 Å². The molecule has 3 rings (SSSR count). The molecule has 0 aliphatic carbocycles. The smallest absolute Gasteiger partial charge is 0.433 e. The number of carbonyl (C=O) groups excluding carboxylic acids is 1. The predicted molar refractivity (Wildman–Crippen MR) is 106 cm³/mol. The van der Waals surface area contributed by atoms with Gasteiger partial charge in [0.1, 0.15) is 11.5 Å². The maximum absolute atomic E-state index is 13.1. The van der Waals surface area contributed by atoms with E-state index in [1.54, 1.807) is 30.3 Å². The first-order chi connectivity index (χ1) is 14.2. The van der Waals surface area contributed by atoms with Gasteiger partial charge in [0.05, 0.1) is 11.1 Å². The minimum absolute atomic E-state index is 0.0368. The molecule has 2 N–H and O–H groups in total. The van der Waals surface area contributed by atoms with Crippen molar-refractivity contribution < 1.29 is 27.9 Å². The van der Waals surface area contributed by atoms with Gasteiger partial charge in [-0.2, -0.15) is 13.2 Å². The number of carboxylic acids is 1. The Balaban J connectivity index is 1.90. The highest BCUT2D eigenvalue weighted by Gasteiger charge is 2.33. The maximum atomic E-state index is 13.1.